The quantitative estimate of drug-likeness (QED) is 0.429. The maximum Gasteiger partial charge on any atom is -0.00271 e. The van der Waals surface area contributed by atoms with Crippen LogP contribution in [0.1, 0.15) is 27.7 Å². The SMILES string of the molecule is C=C(C)/C=C\C(=C)C.CC#CC. The van der Waals surface area contributed by atoms with E-state index in [9.17, 15) is 0 Å². The van der Waals surface area contributed by atoms with Gasteiger partial charge in [-0.1, -0.05) is 36.5 Å². The van der Waals surface area contributed by atoms with Gasteiger partial charge in [-0.25, -0.2) is 0 Å². The lowest BCUT2D eigenvalue weighted by Crippen LogP contribution is -1.62. The Labute approximate surface area is 76.7 Å². The summed E-state index contributed by atoms with van der Waals surface area (Å²) in [5.41, 5.74) is 2.13. The van der Waals surface area contributed by atoms with Crippen LogP contribution in [0.15, 0.2) is 36.5 Å². The standard InChI is InChI=1S/C8H12.C4H6/c1-7(2)5-6-8(3)4;1-3-4-2/h5-6H,1,3H2,2,4H3;1-2H3/b6-5-;. The van der Waals surface area contributed by atoms with Gasteiger partial charge in [0, 0.05) is 0 Å². The van der Waals surface area contributed by atoms with Gasteiger partial charge in [-0.3, -0.25) is 0 Å². The zero-order chi connectivity index (χ0) is 9.98. The average Bonchev–Trinajstić information content (AvgIpc) is 2.01. The van der Waals surface area contributed by atoms with Gasteiger partial charge in [0.05, 0.1) is 0 Å². The average molecular weight is 162 g/mol. The van der Waals surface area contributed by atoms with Crippen LogP contribution in [-0.4, -0.2) is 0 Å². The highest BCUT2D eigenvalue weighted by Crippen LogP contribution is 1.94. The third kappa shape index (κ3) is 23.3. The van der Waals surface area contributed by atoms with Gasteiger partial charge in [0.2, 0.25) is 0 Å². The van der Waals surface area contributed by atoms with Gasteiger partial charge in [-0.05, 0) is 27.7 Å². The molecule has 12 heavy (non-hydrogen) atoms. The lowest BCUT2D eigenvalue weighted by molar-refractivity contribution is 1.50. The first-order chi connectivity index (χ1) is 5.54. The first-order valence-electron chi connectivity index (χ1n) is 3.87. The highest BCUT2D eigenvalue weighted by atomic mass is 13.8. The van der Waals surface area contributed by atoms with Crippen LogP contribution >= 0.6 is 0 Å². The van der Waals surface area contributed by atoms with Gasteiger partial charge in [-0.15, -0.1) is 11.8 Å². The molecule has 0 aliphatic rings. The molecule has 0 heterocycles. The first-order valence-corrected chi connectivity index (χ1v) is 3.87. The molecule has 0 amide bonds. The fourth-order valence-electron chi connectivity index (χ4n) is 0.285. The van der Waals surface area contributed by atoms with E-state index in [1.54, 1.807) is 0 Å². The molecule has 0 aliphatic carbocycles. The molecule has 0 saturated carbocycles. The van der Waals surface area contributed by atoms with Gasteiger partial charge in [-0.2, -0.15) is 0 Å². The van der Waals surface area contributed by atoms with Gasteiger partial charge >= 0.3 is 0 Å². The molecule has 0 nitrogen and oxygen atoms in total. The monoisotopic (exact) mass is 162 g/mol. The van der Waals surface area contributed by atoms with Crippen molar-refractivity contribution >= 4 is 0 Å². The number of rotatable bonds is 2. The van der Waals surface area contributed by atoms with Crippen molar-refractivity contribution in [1.82, 2.24) is 0 Å². The van der Waals surface area contributed by atoms with E-state index in [0.717, 1.165) is 11.1 Å². The van der Waals surface area contributed by atoms with Crippen molar-refractivity contribution in [3.05, 3.63) is 36.5 Å². The van der Waals surface area contributed by atoms with E-state index < -0.39 is 0 Å². The molecule has 0 saturated heterocycles. The Morgan fingerprint density at radius 3 is 1.25 bits per heavy atom. The second-order valence-electron chi connectivity index (χ2n) is 2.53. The fourth-order valence-corrected chi connectivity index (χ4v) is 0.285. The van der Waals surface area contributed by atoms with Crippen molar-refractivity contribution in [2.24, 2.45) is 0 Å². The number of allylic oxidation sites excluding steroid dienone is 4. The van der Waals surface area contributed by atoms with E-state index in [1.807, 2.05) is 39.8 Å². The topological polar surface area (TPSA) is 0 Å². The van der Waals surface area contributed by atoms with E-state index in [2.05, 4.69) is 25.0 Å². The van der Waals surface area contributed by atoms with Gasteiger partial charge < -0.3 is 0 Å². The zero-order valence-electron chi connectivity index (χ0n) is 8.57. The van der Waals surface area contributed by atoms with Crippen molar-refractivity contribution in [2.75, 3.05) is 0 Å². The van der Waals surface area contributed by atoms with Crippen molar-refractivity contribution < 1.29 is 0 Å². The molecule has 66 valence electrons. The molecular weight excluding hydrogens is 144 g/mol. The van der Waals surface area contributed by atoms with Crippen molar-refractivity contribution in [3.63, 3.8) is 0 Å². The van der Waals surface area contributed by atoms with Crippen LogP contribution in [0.3, 0.4) is 0 Å². The first kappa shape index (κ1) is 13.4. The largest absolute Gasteiger partial charge is 0.107 e. The summed E-state index contributed by atoms with van der Waals surface area (Å²) in [4.78, 5) is 0. The van der Waals surface area contributed by atoms with Crippen molar-refractivity contribution in [3.8, 4) is 11.8 Å². The smallest absolute Gasteiger partial charge is 0.00271 e. The zero-order valence-corrected chi connectivity index (χ0v) is 8.57. The molecule has 0 aromatic heterocycles. The van der Waals surface area contributed by atoms with E-state index in [1.165, 1.54) is 0 Å². The summed E-state index contributed by atoms with van der Waals surface area (Å²) in [6.07, 6.45) is 3.89. The third-order valence-corrected chi connectivity index (χ3v) is 0.902. The molecule has 0 fully saturated rings. The van der Waals surface area contributed by atoms with Gasteiger partial charge in [0.25, 0.3) is 0 Å². The molecular formula is C12H18. The van der Waals surface area contributed by atoms with Crippen LogP contribution in [0.5, 0.6) is 0 Å². The lowest BCUT2D eigenvalue weighted by Gasteiger charge is -1.84. The summed E-state index contributed by atoms with van der Waals surface area (Å²) in [5.74, 6) is 5.36. The Bertz CT molecular complexity index is 196. The summed E-state index contributed by atoms with van der Waals surface area (Å²) in [5, 5.41) is 0. The molecule has 0 radical (unpaired) electrons. The van der Waals surface area contributed by atoms with Crippen LogP contribution in [0, 0.1) is 11.8 Å². The molecule has 0 aromatic rings. The second-order valence-corrected chi connectivity index (χ2v) is 2.53. The molecule has 0 aliphatic heterocycles. The van der Waals surface area contributed by atoms with Crippen LogP contribution < -0.4 is 0 Å². The maximum atomic E-state index is 3.70. The molecule has 0 unspecified atom stereocenters. The number of hydrogen-bond donors (Lipinski definition) is 0. The minimum absolute atomic E-state index is 1.06. The molecule has 0 heteroatoms. The second kappa shape index (κ2) is 9.78. The third-order valence-electron chi connectivity index (χ3n) is 0.902. The fraction of sp³-hybridized carbons (Fsp3) is 0.333. The van der Waals surface area contributed by atoms with Crippen molar-refractivity contribution in [1.29, 1.82) is 0 Å². The highest BCUT2D eigenvalue weighted by Gasteiger charge is 1.72. The Kier molecular flexibility index (Phi) is 10.9. The predicted octanol–water partition coefficient (Wildman–Crippen LogP) is 3.72. The number of hydrogen-bond acceptors (Lipinski definition) is 0. The Balaban J connectivity index is 0. The summed E-state index contributed by atoms with van der Waals surface area (Å²) in [6.45, 7) is 15.0. The van der Waals surface area contributed by atoms with E-state index in [0.29, 0.717) is 0 Å². The maximum absolute atomic E-state index is 3.70. The molecule has 0 atom stereocenters. The molecule has 0 spiro atoms. The Morgan fingerprint density at radius 1 is 0.917 bits per heavy atom. The van der Waals surface area contributed by atoms with E-state index >= 15 is 0 Å². The van der Waals surface area contributed by atoms with Crippen molar-refractivity contribution in [2.45, 2.75) is 27.7 Å². The normalized spacial score (nSPS) is 7.67. The minimum atomic E-state index is 1.06. The van der Waals surface area contributed by atoms with Crippen LogP contribution in [0.4, 0.5) is 0 Å². The molecule has 0 N–H and O–H groups in total. The van der Waals surface area contributed by atoms with Crippen LogP contribution in [-0.2, 0) is 0 Å². The van der Waals surface area contributed by atoms with Gasteiger partial charge in [0.1, 0.15) is 0 Å². The minimum Gasteiger partial charge on any atom is -0.107 e. The Hall–Kier alpha value is -1.22. The summed E-state index contributed by atoms with van der Waals surface area (Å²) >= 11 is 0. The summed E-state index contributed by atoms with van der Waals surface area (Å²) in [7, 11) is 0. The summed E-state index contributed by atoms with van der Waals surface area (Å²) in [6, 6.07) is 0. The molecule has 0 bridgehead atoms. The summed E-state index contributed by atoms with van der Waals surface area (Å²) < 4.78 is 0. The van der Waals surface area contributed by atoms with E-state index in [4.69, 9.17) is 0 Å². The lowest BCUT2D eigenvalue weighted by atomic mass is 10.2. The molecule has 0 rings (SSSR count). The predicted molar refractivity (Wildman–Crippen MR) is 57.9 cm³/mol. The van der Waals surface area contributed by atoms with E-state index in [-0.39, 0.29) is 0 Å². The Morgan fingerprint density at radius 2 is 1.17 bits per heavy atom. The molecule has 0 aromatic carbocycles. The van der Waals surface area contributed by atoms with Gasteiger partial charge in [0.15, 0.2) is 0 Å². The van der Waals surface area contributed by atoms with Crippen LogP contribution in [0.2, 0.25) is 0 Å². The van der Waals surface area contributed by atoms with Crippen LogP contribution in [0.25, 0.3) is 0 Å². The highest BCUT2D eigenvalue weighted by molar-refractivity contribution is 5.20.